The molecule has 1 amide bonds. The maximum absolute atomic E-state index is 12.2. The maximum Gasteiger partial charge on any atom is 0.312 e. The first-order chi connectivity index (χ1) is 11.8. The van der Waals surface area contributed by atoms with Crippen LogP contribution in [0.2, 0.25) is 0 Å². The van der Waals surface area contributed by atoms with Gasteiger partial charge < -0.3 is 5.32 Å². The van der Waals surface area contributed by atoms with Crippen LogP contribution in [0.1, 0.15) is 30.4 Å². The summed E-state index contributed by atoms with van der Waals surface area (Å²) in [7, 11) is 0. The summed E-state index contributed by atoms with van der Waals surface area (Å²) >= 11 is 0. The highest BCUT2D eigenvalue weighted by Gasteiger charge is 2.23. The molecule has 2 rings (SSSR count). The molecule has 1 atom stereocenters. The van der Waals surface area contributed by atoms with Crippen molar-refractivity contribution in [1.82, 2.24) is 24.9 Å². The summed E-state index contributed by atoms with van der Waals surface area (Å²) in [6.45, 7) is 8.64. The predicted molar refractivity (Wildman–Crippen MR) is 92.1 cm³/mol. The van der Waals surface area contributed by atoms with Crippen LogP contribution in [0.3, 0.4) is 0 Å². The van der Waals surface area contributed by atoms with Gasteiger partial charge in [0, 0.05) is 25.0 Å². The van der Waals surface area contributed by atoms with Gasteiger partial charge in [0.25, 0.3) is 0 Å². The lowest BCUT2D eigenvalue weighted by molar-refractivity contribution is -0.386. The summed E-state index contributed by atoms with van der Waals surface area (Å²) in [5.41, 5.74) is 1.94. The molecule has 0 radical (unpaired) electrons. The number of rotatable bonds is 8. The average molecular weight is 348 g/mol. The van der Waals surface area contributed by atoms with Crippen LogP contribution in [0.25, 0.3) is 0 Å². The standard InChI is InChI=1S/C16H24N6O3/c1-11(10-21-14(4)15(22(24)25)13(3)19-21)16(23)17-7-5-9-20-12(2)6-8-18-20/h6,8,11H,5,7,9-10H2,1-4H3,(H,17,23). The second kappa shape index (κ2) is 7.91. The fourth-order valence-corrected chi connectivity index (χ4v) is 2.72. The third kappa shape index (κ3) is 4.43. The number of carbonyl (C=O) groups excluding carboxylic acids is 1. The van der Waals surface area contributed by atoms with E-state index in [4.69, 9.17) is 0 Å². The zero-order valence-corrected chi connectivity index (χ0v) is 15.0. The molecule has 0 saturated heterocycles. The molecule has 0 bridgehead atoms. The van der Waals surface area contributed by atoms with Gasteiger partial charge in [0.05, 0.1) is 17.4 Å². The molecule has 25 heavy (non-hydrogen) atoms. The number of amides is 1. The normalized spacial score (nSPS) is 12.2. The van der Waals surface area contributed by atoms with Crippen molar-refractivity contribution in [3.63, 3.8) is 0 Å². The van der Waals surface area contributed by atoms with Crippen LogP contribution in [0, 0.1) is 36.8 Å². The number of hydrogen-bond donors (Lipinski definition) is 1. The minimum atomic E-state index is -0.434. The van der Waals surface area contributed by atoms with E-state index in [1.54, 1.807) is 27.0 Å². The molecule has 1 unspecified atom stereocenters. The third-order valence-corrected chi connectivity index (χ3v) is 4.20. The maximum atomic E-state index is 12.2. The summed E-state index contributed by atoms with van der Waals surface area (Å²) in [5, 5.41) is 22.3. The van der Waals surface area contributed by atoms with E-state index in [0.29, 0.717) is 24.5 Å². The molecule has 0 aliphatic carbocycles. The zero-order valence-electron chi connectivity index (χ0n) is 15.0. The highest BCUT2D eigenvalue weighted by molar-refractivity contribution is 5.78. The van der Waals surface area contributed by atoms with Crippen LogP contribution in [0.5, 0.6) is 0 Å². The molecule has 2 aromatic rings. The molecule has 0 spiro atoms. The molecule has 136 valence electrons. The van der Waals surface area contributed by atoms with E-state index in [1.807, 2.05) is 17.7 Å². The number of nitro groups is 1. The summed E-state index contributed by atoms with van der Waals surface area (Å²) < 4.78 is 3.43. The first-order valence-electron chi connectivity index (χ1n) is 8.25. The Morgan fingerprint density at radius 1 is 1.36 bits per heavy atom. The van der Waals surface area contributed by atoms with Crippen LogP contribution in [0.4, 0.5) is 5.69 Å². The van der Waals surface area contributed by atoms with Crippen molar-refractivity contribution in [2.45, 2.75) is 47.2 Å². The average Bonchev–Trinajstić information content (AvgIpc) is 3.06. The molecule has 1 N–H and O–H groups in total. The van der Waals surface area contributed by atoms with Crippen molar-refractivity contribution in [2.75, 3.05) is 6.54 Å². The van der Waals surface area contributed by atoms with Crippen molar-refractivity contribution in [3.05, 3.63) is 39.5 Å². The van der Waals surface area contributed by atoms with Crippen molar-refractivity contribution < 1.29 is 9.72 Å². The van der Waals surface area contributed by atoms with Crippen molar-refractivity contribution in [2.24, 2.45) is 5.92 Å². The molecule has 2 heterocycles. The van der Waals surface area contributed by atoms with Gasteiger partial charge >= 0.3 is 5.69 Å². The minimum absolute atomic E-state index is 0.0159. The van der Waals surface area contributed by atoms with E-state index >= 15 is 0 Å². The van der Waals surface area contributed by atoms with Gasteiger partial charge in [-0.15, -0.1) is 0 Å². The lowest BCUT2D eigenvalue weighted by atomic mass is 10.1. The van der Waals surface area contributed by atoms with E-state index in [9.17, 15) is 14.9 Å². The lowest BCUT2D eigenvalue weighted by Gasteiger charge is -2.13. The van der Waals surface area contributed by atoms with Crippen molar-refractivity contribution in [1.29, 1.82) is 0 Å². The quantitative estimate of drug-likeness (QED) is 0.444. The van der Waals surface area contributed by atoms with Crippen molar-refractivity contribution >= 4 is 11.6 Å². The summed E-state index contributed by atoms with van der Waals surface area (Å²) in [5.74, 6) is -0.420. The predicted octanol–water partition coefficient (Wildman–Crippen LogP) is 1.76. The first kappa shape index (κ1) is 18.6. The van der Waals surface area contributed by atoms with Gasteiger partial charge in [-0.3, -0.25) is 24.3 Å². The summed E-state index contributed by atoms with van der Waals surface area (Å²) in [4.78, 5) is 22.8. The first-order valence-corrected chi connectivity index (χ1v) is 8.25. The van der Waals surface area contributed by atoms with Gasteiger partial charge in [-0.2, -0.15) is 10.2 Å². The van der Waals surface area contributed by atoms with Crippen LogP contribution in [0.15, 0.2) is 12.3 Å². The molecule has 0 fully saturated rings. The molecule has 0 aromatic carbocycles. The Bertz CT molecular complexity index is 764. The van der Waals surface area contributed by atoms with Crippen LogP contribution in [-0.4, -0.2) is 36.9 Å². The summed E-state index contributed by atoms with van der Waals surface area (Å²) in [6.07, 6.45) is 2.54. The lowest BCUT2D eigenvalue weighted by Crippen LogP contribution is -2.33. The molecule has 9 heteroatoms. The number of nitrogens with zero attached hydrogens (tertiary/aromatic N) is 5. The Balaban J connectivity index is 1.83. The number of nitrogens with one attached hydrogen (secondary N) is 1. The molecule has 0 aliphatic heterocycles. The smallest absolute Gasteiger partial charge is 0.312 e. The van der Waals surface area contributed by atoms with E-state index in [1.165, 1.54) is 4.68 Å². The Labute approximate surface area is 146 Å². The van der Waals surface area contributed by atoms with Crippen LogP contribution < -0.4 is 5.32 Å². The zero-order chi connectivity index (χ0) is 18.6. The van der Waals surface area contributed by atoms with Crippen LogP contribution >= 0.6 is 0 Å². The Morgan fingerprint density at radius 2 is 2.08 bits per heavy atom. The van der Waals surface area contributed by atoms with Crippen molar-refractivity contribution in [3.8, 4) is 0 Å². The van der Waals surface area contributed by atoms with Gasteiger partial charge in [0.15, 0.2) is 0 Å². The Hall–Kier alpha value is -2.71. The molecule has 9 nitrogen and oxygen atoms in total. The van der Waals surface area contributed by atoms with E-state index < -0.39 is 4.92 Å². The SMILES string of the molecule is Cc1nn(CC(C)C(=O)NCCCn2nccc2C)c(C)c1[N+](=O)[O-]. The highest BCUT2D eigenvalue weighted by Crippen LogP contribution is 2.22. The van der Waals surface area contributed by atoms with E-state index in [2.05, 4.69) is 15.5 Å². The number of carbonyl (C=O) groups is 1. The Kier molecular flexibility index (Phi) is 5.89. The van der Waals surface area contributed by atoms with Gasteiger partial charge in [-0.25, -0.2) is 0 Å². The van der Waals surface area contributed by atoms with Gasteiger partial charge in [0.1, 0.15) is 11.4 Å². The topological polar surface area (TPSA) is 108 Å². The number of aryl methyl sites for hydroxylation is 3. The molecule has 0 aliphatic rings. The largest absolute Gasteiger partial charge is 0.356 e. The minimum Gasteiger partial charge on any atom is -0.356 e. The van der Waals surface area contributed by atoms with E-state index in [0.717, 1.165) is 18.7 Å². The fourth-order valence-electron chi connectivity index (χ4n) is 2.72. The monoisotopic (exact) mass is 348 g/mol. The van der Waals surface area contributed by atoms with Gasteiger partial charge in [-0.1, -0.05) is 6.92 Å². The number of aromatic nitrogens is 4. The van der Waals surface area contributed by atoms with Crippen LogP contribution in [-0.2, 0) is 17.9 Å². The van der Waals surface area contributed by atoms with Gasteiger partial charge in [-0.05, 0) is 33.3 Å². The molecular formula is C16H24N6O3. The van der Waals surface area contributed by atoms with E-state index in [-0.39, 0.29) is 17.5 Å². The molecule has 2 aromatic heterocycles. The third-order valence-electron chi connectivity index (χ3n) is 4.20. The Morgan fingerprint density at radius 3 is 2.64 bits per heavy atom. The second-order valence-corrected chi connectivity index (χ2v) is 6.20. The molecule has 0 saturated carbocycles. The fraction of sp³-hybridized carbons (Fsp3) is 0.562. The highest BCUT2D eigenvalue weighted by atomic mass is 16.6. The summed E-state index contributed by atoms with van der Waals surface area (Å²) in [6, 6.07) is 1.94. The van der Waals surface area contributed by atoms with Gasteiger partial charge in [0.2, 0.25) is 5.91 Å². The molecular weight excluding hydrogens is 324 g/mol. The second-order valence-electron chi connectivity index (χ2n) is 6.20. The number of hydrogen-bond acceptors (Lipinski definition) is 5.